The van der Waals surface area contributed by atoms with Crippen molar-refractivity contribution in [2.24, 2.45) is 5.92 Å². The Labute approximate surface area is 249 Å². The first kappa shape index (κ1) is 28.1. The summed E-state index contributed by atoms with van der Waals surface area (Å²) < 4.78 is 13.6. The van der Waals surface area contributed by atoms with E-state index in [-0.39, 0.29) is 17.6 Å². The Morgan fingerprint density at radius 1 is 1.05 bits per heavy atom. The molecule has 4 aromatic rings. The van der Waals surface area contributed by atoms with Gasteiger partial charge in [-0.15, -0.1) is 0 Å². The Balaban J connectivity index is 1.34. The SMILES string of the molecule is C=C(C)/C=C(\C=C(/C)NC(=O)C1CCCCC1)c1ccc2[nH]nc(-c3nc4c([nH]3)C(c3ccc(F)cc3)=CC=CN4)c2n1. The van der Waals surface area contributed by atoms with Crippen LogP contribution in [0.2, 0.25) is 0 Å². The minimum absolute atomic E-state index is 0.0699. The van der Waals surface area contributed by atoms with Crippen LogP contribution < -0.4 is 10.6 Å². The fourth-order valence-corrected chi connectivity index (χ4v) is 5.62. The zero-order valence-corrected chi connectivity index (χ0v) is 24.3. The average molecular weight is 576 g/mol. The molecule has 1 amide bonds. The van der Waals surface area contributed by atoms with E-state index in [1.54, 1.807) is 18.3 Å². The Morgan fingerprint density at radius 2 is 1.84 bits per heavy atom. The molecular formula is C34H34FN7O. The summed E-state index contributed by atoms with van der Waals surface area (Å²) in [6, 6.07) is 10.2. The number of anilines is 1. The van der Waals surface area contributed by atoms with E-state index in [9.17, 15) is 9.18 Å². The number of H-pyrrole nitrogens is 2. The maximum absolute atomic E-state index is 13.6. The van der Waals surface area contributed by atoms with Crippen LogP contribution in [-0.4, -0.2) is 31.1 Å². The molecule has 8 nitrogen and oxygen atoms in total. The van der Waals surface area contributed by atoms with Crippen molar-refractivity contribution < 1.29 is 9.18 Å². The van der Waals surface area contributed by atoms with E-state index in [2.05, 4.69) is 32.4 Å². The van der Waals surface area contributed by atoms with Crippen molar-refractivity contribution in [3.8, 4) is 11.5 Å². The number of pyridine rings is 1. The molecule has 0 atom stereocenters. The highest BCUT2D eigenvalue weighted by atomic mass is 19.1. The smallest absolute Gasteiger partial charge is 0.227 e. The number of carbonyl (C=O) groups excluding carboxylic acids is 1. The zero-order valence-electron chi connectivity index (χ0n) is 24.3. The number of hydrogen-bond donors (Lipinski definition) is 4. The van der Waals surface area contributed by atoms with Crippen molar-refractivity contribution in [3.05, 3.63) is 108 Å². The van der Waals surface area contributed by atoms with Gasteiger partial charge in [-0.05, 0) is 68.7 Å². The number of allylic oxidation sites excluding steroid dienone is 7. The number of benzene rings is 1. The number of fused-ring (bicyclic) bond motifs is 2. The highest BCUT2D eigenvalue weighted by Crippen LogP contribution is 2.34. The van der Waals surface area contributed by atoms with E-state index >= 15 is 0 Å². The average Bonchev–Trinajstić information content (AvgIpc) is 3.56. The second-order valence-corrected chi connectivity index (χ2v) is 11.2. The molecule has 0 bridgehead atoms. The number of imidazole rings is 1. The van der Waals surface area contributed by atoms with Crippen LogP contribution in [0, 0.1) is 11.7 Å². The first-order valence-electron chi connectivity index (χ1n) is 14.6. The van der Waals surface area contributed by atoms with Gasteiger partial charge in [0.05, 0.1) is 16.9 Å². The van der Waals surface area contributed by atoms with E-state index < -0.39 is 0 Å². The van der Waals surface area contributed by atoms with Crippen LogP contribution in [0.15, 0.2) is 84.8 Å². The van der Waals surface area contributed by atoms with E-state index in [4.69, 9.17) is 9.97 Å². The molecular weight excluding hydrogens is 541 g/mol. The molecule has 43 heavy (non-hydrogen) atoms. The maximum Gasteiger partial charge on any atom is 0.227 e. The van der Waals surface area contributed by atoms with Gasteiger partial charge in [0.1, 0.15) is 11.3 Å². The standard InChI is InChI=1S/C34H34FN7O/c1-20(2)18-24(19-21(3)37-34(43)23-8-5-4-6-9-23)27-15-16-28-30(38-27)31(42-41-28)33-39-29-26(10-7-17-36-32(29)40-33)22-11-13-25(35)14-12-22/h7,10-19,23,36H,1,4-6,8-9H2,2-3H3,(H,37,43)(H,39,40)(H,41,42)/b21-19+,24-18+. The Hall–Kier alpha value is -5.05. The van der Waals surface area contributed by atoms with Gasteiger partial charge >= 0.3 is 0 Å². The van der Waals surface area contributed by atoms with Crippen LogP contribution >= 0.6 is 0 Å². The second kappa shape index (κ2) is 12.1. The monoisotopic (exact) mass is 575 g/mol. The molecule has 6 rings (SSSR count). The molecule has 1 fully saturated rings. The fourth-order valence-electron chi connectivity index (χ4n) is 5.62. The van der Waals surface area contributed by atoms with E-state index in [0.29, 0.717) is 28.5 Å². The molecule has 4 heterocycles. The van der Waals surface area contributed by atoms with Crippen LogP contribution in [0.4, 0.5) is 10.2 Å². The largest absolute Gasteiger partial charge is 0.345 e. The number of nitrogens with zero attached hydrogens (tertiary/aromatic N) is 3. The van der Waals surface area contributed by atoms with Crippen molar-refractivity contribution in [2.45, 2.75) is 46.0 Å². The van der Waals surface area contributed by atoms with Crippen molar-refractivity contribution in [2.75, 3.05) is 5.32 Å². The molecule has 1 aliphatic heterocycles. The number of rotatable bonds is 7. The molecule has 4 N–H and O–H groups in total. The predicted molar refractivity (Wildman–Crippen MR) is 169 cm³/mol. The molecule has 0 radical (unpaired) electrons. The third-order valence-electron chi connectivity index (χ3n) is 7.71. The van der Waals surface area contributed by atoms with Crippen molar-refractivity contribution in [1.29, 1.82) is 0 Å². The third kappa shape index (κ3) is 6.11. The van der Waals surface area contributed by atoms with Gasteiger partial charge in [-0.25, -0.2) is 14.4 Å². The van der Waals surface area contributed by atoms with Gasteiger partial charge in [-0.2, -0.15) is 5.10 Å². The molecule has 0 unspecified atom stereocenters. The Morgan fingerprint density at radius 3 is 2.60 bits per heavy atom. The lowest BCUT2D eigenvalue weighted by Crippen LogP contribution is -2.30. The lowest BCUT2D eigenvalue weighted by Gasteiger charge is -2.21. The Kier molecular flexibility index (Phi) is 7.87. The van der Waals surface area contributed by atoms with E-state index in [0.717, 1.165) is 64.9 Å². The summed E-state index contributed by atoms with van der Waals surface area (Å²) in [6.45, 7) is 7.90. The van der Waals surface area contributed by atoms with Crippen molar-refractivity contribution >= 4 is 33.9 Å². The molecule has 0 saturated heterocycles. The second-order valence-electron chi connectivity index (χ2n) is 11.2. The normalized spacial score (nSPS) is 15.9. The summed E-state index contributed by atoms with van der Waals surface area (Å²) in [5, 5.41) is 13.9. The quantitative estimate of drug-likeness (QED) is 0.171. The number of carbonyl (C=O) groups is 1. The minimum Gasteiger partial charge on any atom is -0.345 e. The molecule has 1 aromatic carbocycles. The van der Waals surface area contributed by atoms with Gasteiger partial charge in [0, 0.05) is 29.0 Å². The highest BCUT2D eigenvalue weighted by molar-refractivity contribution is 5.92. The molecule has 3 aromatic heterocycles. The summed E-state index contributed by atoms with van der Waals surface area (Å²) in [4.78, 5) is 26.1. The highest BCUT2D eigenvalue weighted by Gasteiger charge is 2.22. The Bertz CT molecular complexity index is 1810. The molecule has 1 saturated carbocycles. The molecule has 218 valence electrons. The molecule has 9 heteroatoms. The van der Waals surface area contributed by atoms with Gasteiger partial charge in [0.25, 0.3) is 0 Å². The number of amides is 1. The summed E-state index contributed by atoms with van der Waals surface area (Å²) in [6.07, 6.45) is 14.8. The first-order valence-corrected chi connectivity index (χ1v) is 14.6. The molecule has 1 aliphatic carbocycles. The van der Waals surface area contributed by atoms with E-state index in [1.165, 1.54) is 18.6 Å². The number of halogens is 1. The third-order valence-corrected chi connectivity index (χ3v) is 7.71. The number of aromatic amines is 2. The summed E-state index contributed by atoms with van der Waals surface area (Å²) in [5.74, 6) is 1.02. The lowest BCUT2D eigenvalue weighted by molar-refractivity contribution is -0.125. The maximum atomic E-state index is 13.6. The minimum atomic E-state index is -0.293. The summed E-state index contributed by atoms with van der Waals surface area (Å²) >= 11 is 0. The number of hydrogen-bond acceptors (Lipinski definition) is 5. The van der Waals surface area contributed by atoms with Crippen LogP contribution in [0.5, 0.6) is 0 Å². The topological polar surface area (TPSA) is 111 Å². The van der Waals surface area contributed by atoms with Gasteiger partial charge in [-0.3, -0.25) is 9.89 Å². The predicted octanol–water partition coefficient (Wildman–Crippen LogP) is 7.42. The molecule has 0 spiro atoms. The number of aromatic nitrogens is 5. The van der Waals surface area contributed by atoms with E-state index in [1.807, 2.05) is 50.3 Å². The van der Waals surface area contributed by atoms with Gasteiger partial charge in [-0.1, -0.05) is 55.7 Å². The lowest BCUT2D eigenvalue weighted by atomic mass is 9.88. The van der Waals surface area contributed by atoms with Crippen LogP contribution in [0.25, 0.3) is 33.7 Å². The number of nitrogens with one attached hydrogen (secondary N) is 4. The first-order chi connectivity index (χ1) is 20.9. The van der Waals surface area contributed by atoms with Gasteiger partial charge in [0.2, 0.25) is 5.91 Å². The van der Waals surface area contributed by atoms with Crippen LogP contribution in [-0.2, 0) is 4.79 Å². The van der Waals surface area contributed by atoms with Gasteiger partial charge < -0.3 is 15.6 Å². The summed E-state index contributed by atoms with van der Waals surface area (Å²) in [5.41, 5.74) is 7.60. The summed E-state index contributed by atoms with van der Waals surface area (Å²) in [7, 11) is 0. The van der Waals surface area contributed by atoms with Crippen LogP contribution in [0.1, 0.15) is 62.9 Å². The fraction of sp³-hybridized carbons (Fsp3) is 0.235. The molecule has 2 aliphatic rings. The van der Waals surface area contributed by atoms with Crippen molar-refractivity contribution in [1.82, 2.24) is 30.5 Å². The van der Waals surface area contributed by atoms with Gasteiger partial charge in [0.15, 0.2) is 17.3 Å². The van der Waals surface area contributed by atoms with Crippen LogP contribution in [0.3, 0.4) is 0 Å². The zero-order chi connectivity index (χ0) is 29.9. The van der Waals surface area contributed by atoms with Crippen molar-refractivity contribution in [3.63, 3.8) is 0 Å².